The molecule has 0 aliphatic carbocycles. The zero-order valence-corrected chi connectivity index (χ0v) is 49.2. The normalized spacial score (nSPS) is 19.8. The number of rotatable bonds is 56. The Kier molecular flexibility index (Phi) is 51.3. The lowest BCUT2D eigenvalue weighted by molar-refractivity contribution is -0.303. The highest BCUT2D eigenvalue weighted by atomic mass is 16.7. The first-order valence-corrected chi connectivity index (χ1v) is 32.4. The number of carbonyl (C=O) groups is 1. The Bertz CT molecular complexity index is 1330. The molecule has 9 atom stereocenters. The van der Waals surface area contributed by atoms with Crippen molar-refractivity contribution in [2.75, 3.05) is 13.2 Å². The molecule has 11 heteroatoms. The van der Waals surface area contributed by atoms with E-state index in [4.69, 9.17) is 9.47 Å². The van der Waals surface area contributed by atoms with Crippen LogP contribution in [0.25, 0.3) is 0 Å². The van der Waals surface area contributed by atoms with Crippen LogP contribution < -0.4 is 5.32 Å². The number of aliphatic hydroxyl groups excluding tert-OH is 7. The molecule has 0 spiro atoms. The predicted molar refractivity (Wildman–Crippen MR) is 316 cm³/mol. The molecule has 1 heterocycles. The molecule has 0 saturated carbocycles. The summed E-state index contributed by atoms with van der Waals surface area (Å²) in [6, 6.07) is -1.19. The second-order valence-corrected chi connectivity index (χ2v) is 22.8. The largest absolute Gasteiger partial charge is 0.394 e. The second-order valence-electron chi connectivity index (χ2n) is 22.8. The highest BCUT2D eigenvalue weighted by Crippen LogP contribution is 2.24. The summed E-state index contributed by atoms with van der Waals surface area (Å²) in [7, 11) is 0. The number of unbranched alkanes of at least 4 members (excludes halogenated alkanes) is 38. The average Bonchev–Trinajstić information content (AvgIpc) is 3.42. The lowest BCUT2D eigenvalue weighted by atomic mass is 9.98. The van der Waals surface area contributed by atoms with Crippen molar-refractivity contribution in [2.24, 2.45) is 0 Å². The quantitative estimate of drug-likeness (QED) is 0.0215. The van der Waals surface area contributed by atoms with Gasteiger partial charge in [0.2, 0.25) is 5.91 Å². The highest BCUT2D eigenvalue weighted by molar-refractivity contribution is 5.80. The fourth-order valence-corrected chi connectivity index (χ4v) is 10.4. The number of amides is 1. The van der Waals surface area contributed by atoms with Gasteiger partial charge in [0.15, 0.2) is 6.29 Å². The van der Waals surface area contributed by atoms with E-state index in [2.05, 4.69) is 55.6 Å². The van der Waals surface area contributed by atoms with Gasteiger partial charge < -0.3 is 50.5 Å². The molecule has 1 rings (SSSR count). The van der Waals surface area contributed by atoms with Gasteiger partial charge in [-0.2, -0.15) is 0 Å². The van der Waals surface area contributed by atoms with Crippen LogP contribution in [0.15, 0.2) is 36.5 Å². The first-order chi connectivity index (χ1) is 37.2. The Morgan fingerprint density at radius 3 is 1.17 bits per heavy atom. The van der Waals surface area contributed by atoms with E-state index in [-0.39, 0.29) is 12.8 Å². The van der Waals surface area contributed by atoms with Crippen LogP contribution in [0.2, 0.25) is 0 Å². The van der Waals surface area contributed by atoms with Gasteiger partial charge in [-0.25, -0.2) is 0 Å². The van der Waals surface area contributed by atoms with Gasteiger partial charge in [0, 0.05) is 0 Å². The molecule has 9 unspecified atom stereocenters. The molecule has 0 bridgehead atoms. The molecule has 0 aromatic carbocycles. The van der Waals surface area contributed by atoms with Crippen molar-refractivity contribution >= 4 is 5.91 Å². The molecule has 0 aromatic rings. The van der Waals surface area contributed by atoms with Gasteiger partial charge in [-0.1, -0.05) is 275 Å². The van der Waals surface area contributed by atoms with Crippen LogP contribution in [-0.2, 0) is 14.3 Å². The summed E-state index contributed by atoms with van der Waals surface area (Å²) >= 11 is 0. The van der Waals surface area contributed by atoms with Crippen molar-refractivity contribution < 1.29 is 50.0 Å². The molecule has 0 aromatic heterocycles. The summed E-state index contributed by atoms with van der Waals surface area (Å²) in [5, 5.41) is 76.3. The molecule has 448 valence electrons. The Balaban J connectivity index is 2.28. The van der Waals surface area contributed by atoms with Crippen molar-refractivity contribution in [3.05, 3.63) is 36.5 Å². The third-order valence-corrected chi connectivity index (χ3v) is 15.7. The summed E-state index contributed by atoms with van der Waals surface area (Å²) in [5.74, 6) is -0.707. The Morgan fingerprint density at radius 2 is 0.789 bits per heavy atom. The molecule has 0 radical (unpaired) electrons. The van der Waals surface area contributed by atoms with Crippen molar-refractivity contribution in [3.8, 4) is 0 Å². The molecule has 1 aliphatic rings. The minimum atomic E-state index is -1.67. The fourth-order valence-electron chi connectivity index (χ4n) is 10.4. The molecule has 1 saturated heterocycles. The lowest BCUT2D eigenvalue weighted by Crippen LogP contribution is -2.60. The maximum absolute atomic E-state index is 13.2. The van der Waals surface area contributed by atoms with Gasteiger partial charge in [0.05, 0.1) is 25.4 Å². The molecule has 1 amide bonds. The monoisotopic (exact) mass is 1080 g/mol. The van der Waals surface area contributed by atoms with E-state index in [1.54, 1.807) is 0 Å². The molecular formula is C65H123NO10. The van der Waals surface area contributed by atoms with Crippen LogP contribution in [0, 0.1) is 0 Å². The van der Waals surface area contributed by atoms with Gasteiger partial charge in [-0.15, -0.1) is 0 Å². The van der Waals surface area contributed by atoms with Crippen LogP contribution in [0.3, 0.4) is 0 Å². The third-order valence-electron chi connectivity index (χ3n) is 15.7. The van der Waals surface area contributed by atoms with E-state index in [0.717, 1.165) is 44.9 Å². The number of nitrogens with one attached hydrogen (secondary N) is 1. The van der Waals surface area contributed by atoms with E-state index < -0.39 is 74.2 Å². The molecule has 8 N–H and O–H groups in total. The molecule has 76 heavy (non-hydrogen) atoms. The predicted octanol–water partition coefficient (Wildman–Crippen LogP) is 14.6. The van der Waals surface area contributed by atoms with E-state index in [1.807, 2.05) is 0 Å². The maximum Gasteiger partial charge on any atom is 0.249 e. The lowest BCUT2D eigenvalue weighted by Gasteiger charge is -2.40. The number of ether oxygens (including phenoxy) is 2. The van der Waals surface area contributed by atoms with Gasteiger partial charge in [0.25, 0.3) is 0 Å². The fraction of sp³-hybridized carbons (Fsp3) is 0.892. The number of hydrogen-bond donors (Lipinski definition) is 8. The number of allylic oxidation sites excluding steroid dienone is 6. The smallest absolute Gasteiger partial charge is 0.249 e. The van der Waals surface area contributed by atoms with Gasteiger partial charge >= 0.3 is 0 Å². The Hall–Kier alpha value is -1.67. The summed E-state index contributed by atoms with van der Waals surface area (Å²) in [6.07, 6.45) is 56.4. The standard InChI is InChI=1S/C65H123NO10/c1-3-5-7-9-11-13-15-17-19-21-23-25-27-28-29-31-33-35-37-39-41-43-45-47-49-51-53-58(69)64(74)66-56(55-75-65-63(73)62(72)61(71)59(54-67)76-65)60(70)57(68)52-50-48-46-44-42-40-38-36-34-32-30-26-24-22-20-18-16-14-12-10-8-6-4-2/h26,30,36,38,44,46,56-63,65,67-73H,3-25,27-29,31-35,37,39-43,45,47-55H2,1-2H3,(H,66,74)/b30-26+,38-36+,46-44+. The summed E-state index contributed by atoms with van der Waals surface area (Å²) in [5.41, 5.74) is 0. The van der Waals surface area contributed by atoms with Gasteiger partial charge in [-0.05, 0) is 64.2 Å². The maximum atomic E-state index is 13.2. The minimum absolute atomic E-state index is 0.243. The van der Waals surface area contributed by atoms with Crippen molar-refractivity contribution in [1.29, 1.82) is 0 Å². The third kappa shape index (κ3) is 41.4. The number of carbonyl (C=O) groups excluding carboxylic acids is 1. The average molecular weight is 1080 g/mol. The first-order valence-electron chi connectivity index (χ1n) is 32.4. The van der Waals surface area contributed by atoms with E-state index >= 15 is 0 Å². The van der Waals surface area contributed by atoms with Crippen molar-refractivity contribution in [2.45, 2.75) is 358 Å². The van der Waals surface area contributed by atoms with Crippen LogP contribution in [0.5, 0.6) is 0 Å². The minimum Gasteiger partial charge on any atom is -0.394 e. The first kappa shape index (κ1) is 72.3. The van der Waals surface area contributed by atoms with Crippen LogP contribution in [-0.4, -0.2) is 110 Å². The van der Waals surface area contributed by atoms with E-state index in [0.29, 0.717) is 19.3 Å². The summed E-state index contributed by atoms with van der Waals surface area (Å²) in [4.78, 5) is 13.2. The Morgan fingerprint density at radius 1 is 0.447 bits per heavy atom. The second kappa shape index (κ2) is 53.9. The number of aliphatic hydroxyl groups is 7. The molecule has 1 fully saturated rings. The zero-order chi connectivity index (χ0) is 55.4. The van der Waals surface area contributed by atoms with Crippen molar-refractivity contribution in [3.63, 3.8) is 0 Å². The summed E-state index contributed by atoms with van der Waals surface area (Å²) in [6.45, 7) is 3.47. The number of hydrogen-bond acceptors (Lipinski definition) is 10. The van der Waals surface area contributed by atoms with Crippen LogP contribution in [0.4, 0.5) is 0 Å². The zero-order valence-electron chi connectivity index (χ0n) is 49.2. The van der Waals surface area contributed by atoms with Gasteiger partial charge in [0.1, 0.15) is 36.6 Å². The molecular weight excluding hydrogens is 955 g/mol. The van der Waals surface area contributed by atoms with Gasteiger partial charge in [-0.3, -0.25) is 4.79 Å². The van der Waals surface area contributed by atoms with Crippen LogP contribution >= 0.6 is 0 Å². The molecule has 1 aliphatic heterocycles. The topological polar surface area (TPSA) is 189 Å². The highest BCUT2D eigenvalue weighted by Gasteiger charge is 2.44. The van der Waals surface area contributed by atoms with E-state index in [1.165, 1.54) is 212 Å². The molecule has 11 nitrogen and oxygen atoms in total. The van der Waals surface area contributed by atoms with E-state index in [9.17, 15) is 40.5 Å². The summed E-state index contributed by atoms with van der Waals surface area (Å²) < 4.78 is 11.2. The van der Waals surface area contributed by atoms with Crippen molar-refractivity contribution in [1.82, 2.24) is 5.32 Å². The van der Waals surface area contributed by atoms with Crippen LogP contribution in [0.1, 0.15) is 303 Å². The Labute approximate surface area is 467 Å². The SMILES string of the molecule is CCCCCCCCCCCC/C=C/CC/C=C/CC/C=C/CCCC(O)C(O)C(COC1OC(CO)C(O)C(O)C1O)NC(=O)C(O)CCCCCCCCCCCCCCCCCCCCCCCCCCCC.